The van der Waals surface area contributed by atoms with Crippen LogP contribution in [0, 0.1) is 11.3 Å². The van der Waals surface area contributed by atoms with E-state index >= 15 is 0 Å². The first-order chi connectivity index (χ1) is 13.1. The van der Waals surface area contributed by atoms with Gasteiger partial charge < -0.3 is 19.5 Å². The third kappa shape index (κ3) is 5.25. The number of nitrogens with zero attached hydrogens (tertiary/aromatic N) is 1. The monoisotopic (exact) mass is 366 g/mol. The summed E-state index contributed by atoms with van der Waals surface area (Å²) in [6.45, 7) is 0.442. The van der Waals surface area contributed by atoms with Gasteiger partial charge in [0, 0.05) is 6.54 Å². The van der Waals surface area contributed by atoms with Gasteiger partial charge >= 0.3 is 0 Å². The zero-order valence-electron chi connectivity index (χ0n) is 15.6. The lowest BCUT2D eigenvalue weighted by Gasteiger charge is -2.13. The van der Waals surface area contributed by atoms with Crippen LogP contribution in [-0.4, -0.2) is 33.8 Å². The summed E-state index contributed by atoms with van der Waals surface area (Å²) in [7, 11) is 4.52. The van der Waals surface area contributed by atoms with Gasteiger partial charge in [0.25, 0.3) is 5.91 Å². The molecule has 0 fully saturated rings. The van der Waals surface area contributed by atoms with Gasteiger partial charge in [-0.15, -0.1) is 0 Å². The number of nitriles is 1. The molecule has 1 N–H and O–H groups in total. The first-order valence-corrected chi connectivity index (χ1v) is 8.36. The molecule has 2 rings (SSSR count). The Bertz CT molecular complexity index is 829. The fourth-order valence-electron chi connectivity index (χ4n) is 2.56. The van der Waals surface area contributed by atoms with E-state index in [4.69, 9.17) is 14.2 Å². The molecule has 0 unspecified atom stereocenters. The summed E-state index contributed by atoms with van der Waals surface area (Å²) in [5.41, 5.74) is 1.71. The molecule has 0 bridgehead atoms. The van der Waals surface area contributed by atoms with Crippen LogP contribution in [0.2, 0.25) is 0 Å². The first-order valence-electron chi connectivity index (χ1n) is 8.36. The molecule has 6 nitrogen and oxygen atoms in total. The smallest absolute Gasteiger partial charge is 0.261 e. The number of ether oxygens (including phenoxy) is 3. The molecule has 0 aliphatic carbocycles. The summed E-state index contributed by atoms with van der Waals surface area (Å²) >= 11 is 0. The molecule has 1 amide bonds. The highest BCUT2D eigenvalue weighted by atomic mass is 16.5. The Morgan fingerprint density at radius 2 is 1.70 bits per heavy atom. The lowest BCUT2D eigenvalue weighted by atomic mass is 10.1. The molecule has 0 aromatic heterocycles. The minimum absolute atomic E-state index is 0.00247. The average Bonchev–Trinajstić information content (AvgIpc) is 2.71. The summed E-state index contributed by atoms with van der Waals surface area (Å²) in [5.74, 6) is 0.917. The van der Waals surface area contributed by atoms with Crippen LogP contribution in [0.1, 0.15) is 11.1 Å². The molecule has 2 aromatic rings. The molecule has 140 valence electrons. The van der Waals surface area contributed by atoms with Gasteiger partial charge in [0.15, 0.2) is 11.5 Å². The van der Waals surface area contributed by atoms with Gasteiger partial charge in [-0.25, -0.2) is 0 Å². The van der Waals surface area contributed by atoms with Crippen molar-refractivity contribution >= 4 is 12.0 Å². The molecular weight excluding hydrogens is 344 g/mol. The van der Waals surface area contributed by atoms with Crippen molar-refractivity contribution in [3.8, 4) is 23.3 Å². The maximum atomic E-state index is 12.3. The van der Waals surface area contributed by atoms with E-state index < -0.39 is 5.91 Å². The van der Waals surface area contributed by atoms with Crippen LogP contribution in [0.3, 0.4) is 0 Å². The number of hydrogen-bond donors (Lipinski definition) is 1. The highest BCUT2D eigenvalue weighted by Crippen LogP contribution is 2.38. The van der Waals surface area contributed by atoms with E-state index in [9.17, 15) is 10.1 Å². The van der Waals surface area contributed by atoms with Crippen LogP contribution >= 0.6 is 0 Å². The quantitative estimate of drug-likeness (QED) is 0.574. The molecule has 2 aromatic carbocycles. The van der Waals surface area contributed by atoms with E-state index in [1.807, 2.05) is 36.4 Å². The van der Waals surface area contributed by atoms with Crippen molar-refractivity contribution in [2.75, 3.05) is 27.9 Å². The van der Waals surface area contributed by atoms with Gasteiger partial charge in [0.1, 0.15) is 11.6 Å². The van der Waals surface area contributed by atoms with E-state index in [0.29, 0.717) is 35.8 Å². The second kappa shape index (κ2) is 9.88. The number of methoxy groups -OCH3 is 3. The molecule has 0 aliphatic rings. The molecule has 0 saturated heterocycles. The van der Waals surface area contributed by atoms with E-state index in [0.717, 1.165) is 5.56 Å². The van der Waals surface area contributed by atoms with Gasteiger partial charge in [-0.3, -0.25) is 4.79 Å². The van der Waals surface area contributed by atoms with E-state index in [1.54, 1.807) is 12.1 Å². The van der Waals surface area contributed by atoms with Gasteiger partial charge in [0.2, 0.25) is 5.75 Å². The van der Waals surface area contributed by atoms with Crippen LogP contribution in [0.25, 0.3) is 6.08 Å². The summed E-state index contributed by atoms with van der Waals surface area (Å²) in [6.07, 6.45) is 2.18. The maximum Gasteiger partial charge on any atom is 0.261 e. The molecule has 0 radical (unpaired) electrons. The fraction of sp³-hybridized carbons (Fsp3) is 0.238. The molecule has 27 heavy (non-hydrogen) atoms. The van der Waals surface area contributed by atoms with Crippen molar-refractivity contribution in [3.05, 3.63) is 59.2 Å². The minimum Gasteiger partial charge on any atom is -0.493 e. The van der Waals surface area contributed by atoms with Crippen LogP contribution < -0.4 is 19.5 Å². The van der Waals surface area contributed by atoms with Crippen LogP contribution in [0.4, 0.5) is 0 Å². The number of hydrogen-bond acceptors (Lipinski definition) is 5. The molecule has 0 spiro atoms. The Morgan fingerprint density at radius 1 is 1.07 bits per heavy atom. The Hall–Kier alpha value is -3.46. The normalized spacial score (nSPS) is 10.7. The highest BCUT2D eigenvalue weighted by molar-refractivity contribution is 6.01. The number of nitrogens with one attached hydrogen (secondary N) is 1. The van der Waals surface area contributed by atoms with Crippen LogP contribution in [0.15, 0.2) is 48.0 Å². The zero-order chi connectivity index (χ0) is 19.6. The van der Waals surface area contributed by atoms with E-state index in [1.165, 1.54) is 27.4 Å². The summed E-state index contributed by atoms with van der Waals surface area (Å²) in [6, 6.07) is 15.1. The Labute approximate surface area is 159 Å². The largest absolute Gasteiger partial charge is 0.493 e. The van der Waals surface area contributed by atoms with Crippen LogP contribution in [0.5, 0.6) is 17.2 Å². The van der Waals surface area contributed by atoms with Crippen molar-refractivity contribution in [2.45, 2.75) is 6.42 Å². The third-order valence-corrected chi connectivity index (χ3v) is 3.91. The number of carbonyl (C=O) groups excluding carboxylic acids is 1. The Morgan fingerprint density at radius 3 is 2.22 bits per heavy atom. The van der Waals surface area contributed by atoms with Crippen molar-refractivity contribution < 1.29 is 19.0 Å². The number of rotatable bonds is 8. The molecule has 0 aliphatic heterocycles. The predicted octanol–water partition coefficient (Wildman–Crippen LogP) is 2.98. The molecular formula is C21H22N2O4. The second-order valence-corrected chi connectivity index (χ2v) is 5.62. The third-order valence-electron chi connectivity index (χ3n) is 3.91. The fourth-order valence-corrected chi connectivity index (χ4v) is 2.56. The van der Waals surface area contributed by atoms with Crippen LogP contribution in [-0.2, 0) is 11.2 Å². The van der Waals surface area contributed by atoms with Crippen molar-refractivity contribution in [2.24, 2.45) is 0 Å². The van der Waals surface area contributed by atoms with Gasteiger partial charge in [0.05, 0.1) is 21.3 Å². The maximum absolute atomic E-state index is 12.3. The topological polar surface area (TPSA) is 80.6 Å². The minimum atomic E-state index is -0.429. The van der Waals surface area contributed by atoms with Gasteiger partial charge in [-0.2, -0.15) is 5.26 Å². The first kappa shape index (κ1) is 19.9. The SMILES string of the molecule is COc1cc(/C=C(/C#N)C(=O)NCCc2ccccc2)cc(OC)c1OC. The summed E-state index contributed by atoms with van der Waals surface area (Å²) < 4.78 is 15.9. The molecule has 0 heterocycles. The molecule has 6 heteroatoms. The lowest BCUT2D eigenvalue weighted by Crippen LogP contribution is -2.26. The Kier molecular flexibility index (Phi) is 7.26. The van der Waals surface area contributed by atoms with Gasteiger partial charge in [-0.05, 0) is 35.8 Å². The summed E-state index contributed by atoms with van der Waals surface area (Å²) in [4.78, 5) is 12.3. The van der Waals surface area contributed by atoms with Crippen molar-refractivity contribution in [1.82, 2.24) is 5.32 Å². The van der Waals surface area contributed by atoms with Crippen molar-refractivity contribution in [1.29, 1.82) is 5.26 Å². The highest BCUT2D eigenvalue weighted by Gasteiger charge is 2.14. The second-order valence-electron chi connectivity index (χ2n) is 5.62. The number of carbonyl (C=O) groups is 1. The average molecular weight is 366 g/mol. The number of amides is 1. The molecule has 0 atom stereocenters. The lowest BCUT2D eigenvalue weighted by molar-refractivity contribution is -0.117. The summed E-state index contributed by atoms with van der Waals surface area (Å²) in [5, 5.41) is 12.1. The molecule has 0 saturated carbocycles. The predicted molar refractivity (Wildman–Crippen MR) is 103 cm³/mol. The van der Waals surface area contributed by atoms with E-state index in [-0.39, 0.29) is 5.57 Å². The number of benzene rings is 2. The zero-order valence-corrected chi connectivity index (χ0v) is 15.6. The standard InChI is InChI=1S/C21H22N2O4/c1-25-18-12-16(13-19(26-2)20(18)27-3)11-17(14-22)21(24)23-10-9-15-7-5-4-6-8-15/h4-8,11-13H,9-10H2,1-3H3,(H,23,24)/b17-11-. The Balaban J connectivity index is 2.15. The van der Waals surface area contributed by atoms with E-state index in [2.05, 4.69) is 5.32 Å². The van der Waals surface area contributed by atoms with Crippen molar-refractivity contribution in [3.63, 3.8) is 0 Å². The van der Waals surface area contributed by atoms with Gasteiger partial charge in [-0.1, -0.05) is 30.3 Å².